The van der Waals surface area contributed by atoms with Crippen LogP contribution in [0.15, 0.2) is 11.1 Å². The van der Waals surface area contributed by atoms with E-state index in [4.69, 9.17) is 4.74 Å². The lowest BCUT2D eigenvalue weighted by atomic mass is 9.96. The van der Waals surface area contributed by atoms with E-state index in [2.05, 4.69) is 15.3 Å². The largest absolute Gasteiger partial charge is 0.444 e. The van der Waals surface area contributed by atoms with E-state index in [1.807, 2.05) is 54.5 Å². The fourth-order valence-electron chi connectivity index (χ4n) is 2.21. The van der Waals surface area contributed by atoms with Crippen LogP contribution in [-0.2, 0) is 16.1 Å². The summed E-state index contributed by atoms with van der Waals surface area (Å²) in [7, 11) is 0. The van der Waals surface area contributed by atoms with E-state index < -0.39 is 11.7 Å². The predicted molar refractivity (Wildman–Crippen MR) is 93.3 cm³/mol. The Kier molecular flexibility index (Phi) is 6.67. The SMILES string of the molecule is CC(C)c1cc(CNC(=O)OC(C)(C)C)nc(C(C)C)c1N=C=O. The molecule has 132 valence electrons. The van der Waals surface area contributed by atoms with Crippen LogP contribution >= 0.6 is 0 Å². The molecule has 1 N–H and O–H groups in total. The van der Waals surface area contributed by atoms with Gasteiger partial charge in [0.2, 0.25) is 6.08 Å². The molecule has 6 nitrogen and oxygen atoms in total. The van der Waals surface area contributed by atoms with Crippen molar-refractivity contribution < 1.29 is 14.3 Å². The van der Waals surface area contributed by atoms with Gasteiger partial charge in [-0.1, -0.05) is 27.7 Å². The summed E-state index contributed by atoms with van der Waals surface area (Å²) in [6, 6.07) is 1.87. The summed E-state index contributed by atoms with van der Waals surface area (Å²) >= 11 is 0. The molecule has 0 saturated heterocycles. The smallest absolute Gasteiger partial charge is 0.407 e. The van der Waals surface area contributed by atoms with Crippen LogP contribution in [0.4, 0.5) is 10.5 Å². The molecular weight excluding hydrogens is 306 g/mol. The van der Waals surface area contributed by atoms with Crippen molar-refractivity contribution in [3.05, 3.63) is 23.0 Å². The minimum absolute atomic E-state index is 0.0936. The van der Waals surface area contributed by atoms with Crippen molar-refractivity contribution in [1.82, 2.24) is 10.3 Å². The molecule has 24 heavy (non-hydrogen) atoms. The fraction of sp³-hybridized carbons (Fsp3) is 0.611. The van der Waals surface area contributed by atoms with Crippen LogP contribution in [0.5, 0.6) is 0 Å². The number of carbonyl (C=O) groups is 1. The van der Waals surface area contributed by atoms with Crippen molar-refractivity contribution in [1.29, 1.82) is 0 Å². The van der Waals surface area contributed by atoms with E-state index in [1.165, 1.54) is 0 Å². The highest BCUT2D eigenvalue weighted by molar-refractivity contribution is 5.67. The summed E-state index contributed by atoms with van der Waals surface area (Å²) in [5.41, 5.74) is 2.38. The summed E-state index contributed by atoms with van der Waals surface area (Å²) < 4.78 is 5.23. The minimum Gasteiger partial charge on any atom is -0.444 e. The zero-order valence-electron chi connectivity index (χ0n) is 15.6. The molecule has 0 saturated carbocycles. The van der Waals surface area contributed by atoms with Gasteiger partial charge in [0, 0.05) is 0 Å². The Labute approximate surface area is 143 Å². The van der Waals surface area contributed by atoms with Crippen molar-refractivity contribution in [2.75, 3.05) is 0 Å². The number of carbonyl (C=O) groups excluding carboxylic acids is 2. The fourth-order valence-corrected chi connectivity index (χ4v) is 2.21. The van der Waals surface area contributed by atoms with Gasteiger partial charge in [-0.2, -0.15) is 4.99 Å². The van der Waals surface area contributed by atoms with Gasteiger partial charge in [-0.05, 0) is 44.2 Å². The first-order valence-electron chi connectivity index (χ1n) is 8.13. The van der Waals surface area contributed by atoms with Crippen LogP contribution in [-0.4, -0.2) is 22.8 Å². The number of ether oxygens (including phenoxy) is 1. The van der Waals surface area contributed by atoms with Gasteiger partial charge in [-0.15, -0.1) is 0 Å². The molecular formula is C18H27N3O3. The van der Waals surface area contributed by atoms with E-state index in [0.29, 0.717) is 11.4 Å². The van der Waals surface area contributed by atoms with Gasteiger partial charge in [0.15, 0.2) is 0 Å². The number of nitrogens with zero attached hydrogens (tertiary/aromatic N) is 2. The maximum atomic E-state index is 11.8. The van der Waals surface area contributed by atoms with E-state index in [9.17, 15) is 9.59 Å². The normalized spacial score (nSPS) is 11.4. The molecule has 0 aliphatic carbocycles. The zero-order chi connectivity index (χ0) is 18.5. The van der Waals surface area contributed by atoms with Gasteiger partial charge in [-0.3, -0.25) is 4.98 Å². The molecule has 0 aromatic carbocycles. The number of aliphatic imine (C=N–C) groups is 1. The second kappa shape index (κ2) is 8.06. The lowest BCUT2D eigenvalue weighted by Gasteiger charge is -2.20. The molecule has 1 aromatic heterocycles. The molecule has 6 heteroatoms. The molecule has 0 spiro atoms. The first-order chi connectivity index (χ1) is 11.0. The quantitative estimate of drug-likeness (QED) is 0.642. The second-order valence-corrected chi connectivity index (χ2v) is 7.30. The Morgan fingerprint density at radius 3 is 2.38 bits per heavy atom. The van der Waals surface area contributed by atoms with E-state index >= 15 is 0 Å². The Balaban J connectivity index is 3.12. The number of isocyanates is 1. The van der Waals surface area contributed by atoms with Crippen LogP contribution in [0.1, 0.15) is 77.3 Å². The summed E-state index contributed by atoms with van der Waals surface area (Å²) in [5.74, 6) is 0.258. The van der Waals surface area contributed by atoms with Crippen molar-refractivity contribution in [2.45, 2.75) is 72.4 Å². The summed E-state index contributed by atoms with van der Waals surface area (Å²) in [5, 5.41) is 2.71. The summed E-state index contributed by atoms with van der Waals surface area (Å²) in [6.07, 6.45) is 1.13. The Bertz CT molecular complexity index is 610. The van der Waals surface area contributed by atoms with Crippen molar-refractivity contribution in [2.24, 2.45) is 4.99 Å². The standard InChI is InChI=1S/C18H27N3O3/c1-11(2)14-8-13(9-19-17(23)24-18(5,6)7)21-15(12(3)4)16(14)20-10-22/h8,11-12H,9H2,1-7H3,(H,19,23). The minimum atomic E-state index is -0.549. The number of hydrogen-bond acceptors (Lipinski definition) is 5. The molecule has 1 amide bonds. The van der Waals surface area contributed by atoms with Crippen LogP contribution in [0, 0.1) is 0 Å². The monoisotopic (exact) mass is 333 g/mol. The van der Waals surface area contributed by atoms with Crippen molar-refractivity contribution >= 4 is 17.9 Å². The summed E-state index contributed by atoms with van der Waals surface area (Å²) in [4.78, 5) is 31.0. The molecule has 1 rings (SSSR count). The molecule has 0 fully saturated rings. The van der Waals surface area contributed by atoms with E-state index in [0.717, 1.165) is 11.3 Å². The molecule has 1 heterocycles. The molecule has 0 radical (unpaired) electrons. The van der Waals surface area contributed by atoms with Crippen LogP contribution in [0.25, 0.3) is 0 Å². The second-order valence-electron chi connectivity index (χ2n) is 7.30. The Morgan fingerprint density at radius 2 is 1.92 bits per heavy atom. The molecule has 1 aromatic rings. The number of alkyl carbamates (subject to hydrolysis) is 1. The molecule has 0 atom stereocenters. The number of pyridine rings is 1. The number of rotatable bonds is 5. The number of amides is 1. The van der Waals surface area contributed by atoms with E-state index in [1.54, 1.807) is 6.08 Å². The Morgan fingerprint density at radius 1 is 1.29 bits per heavy atom. The number of aromatic nitrogens is 1. The average Bonchev–Trinajstić information content (AvgIpc) is 2.43. The highest BCUT2D eigenvalue weighted by atomic mass is 16.6. The zero-order valence-corrected chi connectivity index (χ0v) is 15.6. The third-order valence-corrected chi connectivity index (χ3v) is 3.24. The summed E-state index contributed by atoms with van der Waals surface area (Å²) in [6.45, 7) is 13.7. The van der Waals surface area contributed by atoms with Crippen molar-refractivity contribution in [3.63, 3.8) is 0 Å². The van der Waals surface area contributed by atoms with Crippen LogP contribution < -0.4 is 5.32 Å². The van der Waals surface area contributed by atoms with Crippen molar-refractivity contribution in [3.8, 4) is 0 Å². The third-order valence-electron chi connectivity index (χ3n) is 3.24. The molecule has 0 aliphatic heterocycles. The van der Waals surface area contributed by atoms with Gasteiger partial charge < -0.3 is 10.1 Å². The molecule has 0 bridgehead atoms. The van der Waals surface area contributed by atoms with Gasteiger partial charge in [0.1, 0.15) is 11.3 Å². The maximum Gasteiger partial charge on any atom is 0.407 e. The highest BCUT2D eigenvalue weighted by Gasteiger charge is 2.19. The van der Waals surface area contributed by atoms with E-state index in [-0.39, 0.29) is 18.4 Å². The van der Waals surface area contributed by atoms with Crippen LogP contribution in [0.2, 0.25) is 0 Å². The first kappa shape index (κ1) is 19.8. The van der Waals surface area contributed by atoms with Crippen LogP contribution in [0.3, 0.4) is 0 Å². The van der Waals surface area contributed by atoms with Gasteiger partial charge >= 0.3 is 6.09 Å². The lowest BCUT2D eigenvalue weighted by molar-refractivity contribution is 0.0523. The predicted octanol–water partition coefficient (Wildman–Crippen LogP) is 4.32. The first-order valence-corrected chi connectivity index (χ1v) is 8.13. The molecule has 0 unspecified atom stereocenters. The van der Waals surface area contributed by atoms with Gasteiger partial charge in [0.05, 0.1) is 17.9 Å². The number of hydrogen-bond donors (Lipinski definition) is 1. The number of nitrogens with one attached hydrogen (secondary N) is 1. The lowest BCUT2D eigenvalue weighted by Crippen LogP contribution is -2.32. The van der Waals surface area contributed by atoms with Gasteiger partial charge in [-0.25, -0.2) is 9.59 Å². The Hall–Kier alpha value is -2.20. The molecule has 0 aliphatic rings. The van der Waals surface area contributed by atoms with Gasteiger partial charge in [0.25, 0.3) is 0 Å². The highest BCUT2D eigenvalue weighted by Crippen LogP contribution is 2.33. The topological polar surface area (TPSA) is 80.7 Å². The maximum absolute atomic E-state index is 11.8. The average molecular weight is 333 g/mol. The third kappa shape index (κ3) is 5.78.